The Morgan fingerprint density at radius 3 is 2.67 bits per heavy atom. The smallest absolute Gasteiger partial charge is 0.190 e. The van der Waals surface area contributed by atoms with Crippen molar-refractivity contribution in [2.75, 3.05) is 11.5 Å². The molecule has 21 heavy (non-hydrogen) atoms. The summed E-state index contributed by atoms with van der Waals surface area (Å²) in [5.41, 5.74) is 8.63. The van der Waals surface area contributed by atoms with Gasteiger partial charge in [-0.05, 0) is 31.4 Å². The van der Waals surface area contributed by atoms with Crippen LogP contribution in [0.4, 0.5) is 5.82 Å². The van der Waals surface area contributed by atoms with Crippen LogP contribution in [0.2, 0.25) is 0 Å². The molecule has 0 amide bonds. The number of aromatic nitrogens is 2. The number of aryl methyl sites for hydroxylation is 3. The minimum atomic E-state index is 0.601. The summed E-state index contributed by atoms with van der Waals surface area (Å²) in [5.74, 6) is 1.56. The molecule has 1 aromatic carbocycles. The van der Waals surface area contributed by atoms with Crippen LogP contribution in [0.1, 0.15) is 16.0 Å². The fourth-order valence-corrected chi connectivity index (χ4v) is 4.16. The molecule has 5 heteroatoms. The molecule has 3 rings (SSSR count). The summed E-state index contributed by atoms with van der Waals surface area (Å²) in [7, 11) is 0. The van der Waals surface area contributed by atoms with E-state index in [9.17, 15) is 0 Å². The van der Waals surface area contributed by atoms with Gasteiger partial charge in [0.15, 0.2) is 5.16 Å². The summed E-state index contributed by atoms with van der Waals surface area (Å²) in [5, 5.41) is 1.79. The number of nitrogen functional groups attached to an aromatic ring is 1. The highest BCUT2D eigenvalue weighted by molar-refractivity contribution is 7.99. The lowest BCUT2D eigenvalue weighted by Gasteiger charge is -2.03. The van der Waals surface area contributed by atoms with Crippen LogP contribution in [-0.4, -0.2) is 15.7 Å². The summed E-state index contributed by atoms with van der Waals surface area (Å²) in [4.78, 5) is 11.3. The lowest BCUT2D eigenvalue weighted by atomic mass is 10.2. The molecule has 0 aliphatic carbocycles. The largest absolute Gasteiger partial charge is 0.383 e. The zero-order valence-electron chi connectivity index (χ0n) is 12.1. The quantitative estimate of drug-likeness (QED) is 0.578. The van der Waals surface area contributed by atoms with Crippen molar-refractivity contribution < 1.29 is 0 Å². The van der Waals surface area contributed by atoms with E-state index in [0.717, 1.165) is 27.5 Å². The van der Waals surface area contributed by atoms with E-state index in [2.05, 4.69) is 48.1 Å². The third kappa shape index (κ3) is 3.04. The maximum Gasteiger partial charge on any atom is 0.190 e. The van der Waals surface area contributed by atoms with Crippen LogP contribution in [-0.2, 0) is 6.42 Å². The number of hydrogen-bond acceptors (Lipinski definition) is 5. The molecule has 0 radical (unpaired) electrons. The lowest BCUT2D eigenvalue weighted by Crippen LogP contribution is -1.97. The standard InChI is InChI=1S/C16H17N3S2/c1-10-11(2)21-15-13(10)14(17)18-16(19-15)20-9-8-12-6-4-3-5-7-12/h3-7H,8-9H2,1-2H3,(H2,17,18,19). The second-order valence-corrected chi connectivity index (χ2v) is 7.20. The number of benzene rings is 1. The van der Waals surface area contributed by atoms with Crippen molar-refractivity contribution in [3.63, 3.8) is 0 Å². The van der Waals surface area contributed by atoms with Crippen LogP contribution < -0.4 is 5.73 Å². The van der Waals surface area contributed by atoms with Gasteiger partial charge in [0.2, 0.25) is 0 Å². The Balaban J connectivity index is 1.76. The molecule has 3 aromatic rings. The van der Waals surface area contributed by atoms with Crippen molar-refractivity contribution >= 4 is 39.1 Å². The lowest BCUT2D eigenvalue weighted by molar-refractivity contribution is 1.01. The van der Waals surface area contributed by atoms with Crippen molar-refractivity contribution in [3.8, 4) is 0 Å². The molecule has 2 N–H and O–H groups in total. The van der Waals surface area contributed by atoms with E-state index in [-0.39, 0.29) is 0 Å². The van der Waals surface area contributed by atoms with Gasteiger partial charge in [0.1, 0.15) is 10.6 Å². The number of thioether (sulfide) groups is 1. The minimum absolute atomic E-state index is 0.601. The normalized spacial score (nSPS) is 11.1. The number of nitrogens with two attached hydrogens (primary N) is 1. The fourth-order valence-electron chi connectivity index (χ4n) is 2.23. The molecule has 2 aromatic heterocycles. The number of anilines is 1. The summed E-state index contributed by atoms with van der Waals surface area (Å²) < 4.78 is 0. The highest BCUT2D eigenvalue weighted by Gasteiger charge is 2.12. The number of thiophene rings is 1. The molecule has 0 spiro atoms. The van der Waals surface area contributed by atoms with Gasteiger partial charge in [0.05, 0.1) is 5.39 Å². The molecular formula is C16H17N3S2. The van der Waals surface area contributed by atoms with E-state index in [4.69, 9.17) is 5.73 Å². The molecule has 0 atom stereocenters. The molecule has 0 unspecified atom stereocenters. The molecule has 0 aliphatic rings. The van der Waals surface area contributed by atoms with Crippen molar-refractivity contribution in [1.29, 1.82) is 0 Å². The van der Waals surface area contributed by atoms with Gasteiger partial charge < -0.3 is 5.73 Å². The second-order valence-electron chi connectivity index (χ2n) is 4.94. The molecule has 0 bridgehead atoms. The summed E-state index contributed by atoms with van der Waals surface area (Å²) in [6.07, 6.45) is 1.01. The van der Waals surface area contributed by atoms with E-state index in [1.807, 2.05) is 6.07 Å². The Morgan fingerprint density at radius 2 is 1.90 bits per heavy atom. The van der Waals surface area contributed by atoms with E-state index >= 15 is 0 Å². The number of hydrogen-bond donors (Lipinski definition) is 1. The Labute approximate surface area is 132 Å². The van der Waals surface area contributed by atoms with Gasteiger partial charge >= 0.3 is 0 Å². The third-order valence-corrected chi connectivity index (χ3v) is 5.45. The highest BCUT2D eigenvalue weighted by Crippen LogP contribution is 2.33. The van der Waals surface area contributed by atoms with Gasteiger partial charge in [-0.1, -0.05) is 42.1 Å². The van der Waals surface area contributed by atoms with E-state index in [0.29, 0.717) is 5.82 Å². The van der Waals surface area contributed by atoms with Crippen molar-refractivity contribution in [2.45, 2.75) is 25.4 Å². The van der Waals surface area contributed by atoms with Gasteiger partial charge in [-0.2, -0.15) is 0 Å². The summed E-state index contributed by atoms with van der Waals surface area (Å²) in [6, 6.07) is 10.5. The average molecular weight is 315 g/mol. The minimum Gasteiger partial charge on any atom is -0.383 e. The first-order chi connectivity index (χ1) is 10.1. The summed E-state index contributed by atoms with van der Waals surface area (Å²) >= 11 is 3.36. The SMILES string of the molecule is Cc1sc2nc(SCCc3ccccc3)nc(N)c2c1C. The van der Waals surface area contributed by atoms with Crippen molar-refractivity contribution in [1.82, 2.24) is 9.97 Å². The number of nitrogens with zero attached hydrogens (tertiary/aromatic N) is 2. The predicted molar refractivity (Wildman–Crippen MR) is 92.2 cm³/mol. The second kappa shape index (κ2) is 6.03. The molecule has 0 saturated carbocycles. The van der Waals surface area contributed by atoms with Gasteiger partial charge in [-0.3, -0.25) is 0 Å². The van der Waals surface area contributed by atoms with Crippen LogP contribution >= 0.6 is 23.1 Å². The Morgan fingerprint density at radius 1 is 1.14 bits per heavy atom. The Hall–Kier alpha value is -1.59. The van der Waals surface area contributed by atoms with E-state index in [1.165, 1.54) is 16.0 Å². The van der Waals surface area contributed by atoms with Crippen LogP contribution in [0, 0.1) is 13.8 Å². The Kier molecular flexibility index (Phi) is 4.12. The first-order valence-electron chi connectivity index (χ1n) is 6.85. The number of rotatable bonds is 4. The van der Waals surface area contributed by atoms with Crippen molar-refractivity contribution in [2.24, 2.45) is 0 Å². The van der Waals surface area contributed by atoms with Crippen molar-refractivity contribution in [3.05, 3.63) is 46.3 Å². The monoisotopic (exact) mass is 315 g/mol. The average Bonchev–Trinajstić information content (AvgIpc) is 2.75. The molecule has 0 aliphatic heterocycles. The third-order valence-electron chi connectivity index (χ3n) is 3.50. The van der Waals surface area contributed by atoms with E-state index < -0.39 is 0 Å². The van der Waals surface area contributed by atoms with Crippen LogP contribution in [0.3, 0.4) is 0 Å². The van der Waals surface area contributed by atoms with Crippen LogP contribution in [0.5, 0.6) is 0 Å². The van der Waals surface area contributed by atoms with Gasteiger partial charge in [0.25, 0.3) is 0 Å². The topological polar surface area (TPSA) is 51.8 Å². The van der Waals surface area contributed by atoms with E-state index in [1.54, 1.807) is 23.1 Å². The van der Waals surface area contributed by atoms with Gasteiger partial charge in [0, 0.05) is 10.6 Å². The van der Waals surface area contributed by atoms with Crippen LogP contribution in [0.25, 0.3) is 10.2 Å². The zero-order chi connectivity index (χ0) is 14.8. The molecule has 108 valence electrons. The zero-order valence-corrected chi connectivity index (χ0v) is 13.7. The first kappa shape index (κ1) is 14.4. The molecule has 0 fully saturated rings. The van der Waals surface area contributed by atoms with Crippen LogP contribution in [0.15, 0.2) is 35.5 Å². The molecule has 0 saturated heterocycles. The molecule has 2 heterocycles. The first-order valence-corrected chi connectivity index (χ1v) is 8.65. The Bertz CT molecular complexity index is 766. The predicted octanol–water partition coefficient (Wildman–Crippen LogP) is 4.23. The number of fused-ring (bicyclic) bond motifs is 1. The maximum atomic E-state index is 6.10. The molecular weight excluding hydrogens is 298 g/mol. The fraction of sp³-hybridized carbons (Fsp3) is 0.250. The highest BCUT2D eigenvalue weighted by atomic mass is 32.2. The summed E-state index contributed by atoms with van der Waals surface area (Å²) in [6.45, 7) is 4.18. The van der Waals surface area contributed by atoms with Gasteiger partial charge in [-0.25, -0.2) is 9.97 Å². The molecule has 3 nitrogen and oxygen atoms in total. The maximum absolute atomic E-state index is 6.10. The van der Waals surface area contributed by atoms with Gasteiger partial charge in [-0.15, -0.1) is 11.3 Å².